The van der Waals surface area contributed by atoms with E-state index in [1.165, 1.54) is 0 Å². The summed E-state index contributed by atoms with van der Waals surface area (Å²) >= 11 is 0. The van der Waals surface area contributed by atoms with E-state index in [0.29, 0.717) is 19.5 Å². The number of aliphatic hydroxyl groups excluding tert-OH is 1. The zero-order valence-corrected chi connectivity index (χ0v) is 13.5. The van der Waals surface area contributed by atoms with Gasteiger partial charge < -0.3 is 14.6 Å². The fraction of sp³-hybridized carbons (Fsp3) is 0.529. The van der Waals surface area contributed by atoms with Crippen LogP contribution in [0.4, 0.5) is 0 Å². The van der Waals surface area contributed by atoms with E-state index in [1.54, 1.807) is 11.0 Å². The molecule has 1 amide bonds. The molecule has 1 aromatic rings. The van der Waals surface area contributed by atoms with Gasteiger partial charge >= 0.3 is 0 Å². The topological polar surface area (TPSA) is 69.3 Å². The minimum Gasteiger partial charge on any atom is -0.391 e. The minimum absolute atomic E-state index is 0.130. The molecular formula is C17H23N3O2. The van der Waals surface area contributed by atoms with Gasteiger partial charge in [0.25, 0.3) is 5.91 Å². The molecule has 1 aliphatic rings. The third-order valence-corrected chi connectivity index (χ3v) is 4.16. The van der Waals surface area contributed by atoms with E-state index in [0.717, 1.165) is 29.9 Å². The van der Waals surface area contributed by atoms with E-state index in [2.05, 4.69) is 11.5 Å². The summed E-state index contributed by atoms with van der Waals surface area (Å²) in [5.41, 5.74) is 3.25. The van der Waals surface area contributed by atoms with Gasteiger partial charge in [0.2, 0.25) is 0 Å². The smallest absolute Gasteiger partial charge is 0.264 e. The van der Waals surface area contributed by atoms with Crippen LogP contribution in [0.1, 0.15) is 36.7 Å². The lowest BCUT2D eigenvalue weighted by molar-refractivity contribution is -0.125. The first-order valence-electron chi connectivity index (χ1n) is 7.73. The molecule has 0 saturated carbocycles. The average molecular weight is 301 g/mol. The summed E-state index contributed by atoms with van der Waals surface area (Å²) in [7, 11) is 0. The Balaban J connectivity index is 2.28. The van der Waals surface area contributed by atoms with Crippen molar-refractivity contribution >= 4 is 12.0 Å². The maximum atomic E-state index is 12.4. The molecule has 2 rings (SSSR count). The normalized spacial score (nSPS) is 18.6. The van der Waals surface area contributed by atoms with E-state index in [4.69, 9.17) is 0 Å². The van der Waals surface area contributed by atoms with Gasteiger partial charge in [0.15, 0.2) is 0 Å². The van der Waals surface area contributed by atoms with Crippen molar-refractivity contribution in [2.75, 3.05) is 13.1 Å². The highest BCUT2D eigenvalue weighted by Crippen LogP contribution is 2.20. The number of aromatic nitrogens is 1. The number of amides is 1. The lowest BCUT2D eigenvalue weighted by Gasteiger charge is -2.14. The van der Waals surface area contributed by atoms with Crippen molar-refractivity contribution in [3.63, 3.8) is 0 Å². The number of aryl methyl sites for hydroxylation is 1. The SMILES string of the molecule is CCCn1c(C)cc(/C=C(/C#N)C(=O)N2CC[C@@H](O)C2)c1C. The number of β-amino-alcohol motifs (C(OH)–C–C–N with tert-alkyl or cyclic N) is 1. The second-order valence-corrected chi connectivity index (χ2v) is 5.84. The Bertz CT molecular complexity index is 637. The molecule has 0 unspecified atom stereocenters. The van der Waals surface area contributed by atoms with E-state index in [1.807, 2.05) is 26.0 Å². The van der Waals surface area contributed by atoms with Crippen LogP contribution in [0.5, 0.6) is 0 Å². The summed E-state index contributed by atoms with van der Waals surface area (Å²) in [5, 5.41) is 18.9. The first-order chi connectivity index (χ1) is 10.5. The molecule has 0 aliphatic carbocycles. The van der Waals surface area contributed by atoms with Gasteiger partial charge in [-0.15, -0.1) is 0 Å². The van der Waals surface area contributed by atoms with E-state index >= 15 is 0 Å². The molecule has 1 N–H and O–H groups in total. The van der Waals surface area contributed by atoms with Crippen molar-refractivity contribution in [1.82, 2.24) is 9.47 Å². The van der Waals surface area contributed by atoms with Crippen LogP contribution in [0.3, 0.4) is 0 Å². The molecule has 5 nitrogen and oxygen atoms in total. The van der Waals surface area contributed by atoms with Gasteiger partial charge in [-0.05, 0) is 44.4 Å². The van der Waals surface area contributed by atoms with Gasteiger partial charge in [-0.1, -0.05) is 6.92 Å². The quantitative estimate of drug-likeness (QED) is 0.683. The molecule has 0 bridgehead atoms. The van der Waals surface area contributed by atoms with E-state index < -0.39 is 6.10 Å². The van der Waals surface area contributed by atoms with Gasteiger partial charge in [-0.3, -0.25) is 4.79 Å². The molecule has 2 heterocycles. The molecule has 0 spiro atoms. The zero-order chi connectivity index (χ0) is 16.3. The molecule has 1 aliphatic heterocycles. The minimum atomic E-state index is -0.474. The lowest BCUT2D eigenvalue weighted by atomic mass is 10.1. The van der Waals surface area contributed by atoms with Crippen molar-refractivity contribution in [2.45, 2.75) is 46.3 Å². The maximum absolute atomic E-state index is 12.4. The van der Waals surface area contributed by atoms with Crippen LogP contribution in [0.2, 0.25) is 0 Å². The second kappa shape index (κ2) is 6.80. The van der Waals surface area contributed by atoms with Crippen LogP contribution in [0.15, 0.2) is 11.6 Å². The number of carbonyl (C=O) groups is 1. The van der Waals surface area contributed by atoms with Crippen LogP contribution in [0.25, 0.3) is 6.08 Å². The summed E-state index contributed by atoms with van der Waals surface area (Å²) < 4.78 is 2.20. The summed E-state index contributed by atoms with van der Waals surface area (Å²) in [6.45, 7) is 7.91. The molecule has 1 fully saturated rings. The largest absolute Gasteiger partial charge is 0.391 e. The Hall–Kier alpha value is -2.06. The predicted molar refractivity (Wildman–Crippen MR) is 85.0 cm³/mol. The van der Waals surface area contributed by atoms with Gasteiger partial charge in [-0.2, -0.15) is 5.26 Å². The molecule has 1 saturated heterocycles. The average Bonchev–Trinajstić information content (AvgIpc) is 3.03. The number of hydrogen-bond acceptors (Lipinski definition) is 3. The Morgan fingerprint density at radius 3 is 2.82 bits per heavy atom. The van der Waals surface area contributed by atoms with Gasteiger partial charge in [0.1, 0.15) is 11.6 Å². The second-order valence-electron chi connectivity index (χ2n) is 5.84. The Morgan fingerprint density at radius 2 is 2.27 bits per heavy atom. The molecule has 1 aromatic heterocycles. The van der Waals surface area contributed by atoms with Crippen molar-refractivity contribution in [2.24, 2.45) is 0 Å². The Morgan fingerprint density at radius 1 is 1.55 bits per heavy atom. The number of aliphatic hydroxyl groups is 1. The molecule has 1 atom stereocenters. The van der Waals surface area contributed by atoms with Crippen LogP contribution in [-0.2, 0) is 11.3 Å². The predicted octanol–water partition coefficient (Wildman–Crippen LogP) is 2.02. The Labute approximate surface area is 131 Å². The number of nitrogens with zero attached hydrogens (tertiary/aromatic N) is 3. The number of carbonyl (C=O) groups excluding carboxylic acids is 1. The summed E-state index contributed by atoms with van der Waals surface area (Å²) in [5.74, 6) is -0.292. The Kier molecular flexibility index (Phi) is 5.04. The van der Waals surface area contributed by atoms with Crippen molar-refractivity contribution in [3.05, 3.63) is 28.6 Å². The number of likely N-dealkylation sites (tertiary alicyclic amines) is 1. The van der Waals surface area contributed by atoms with Crippen LogP contribution in [-0.4, -0.2) is 39.7 Å². The van der Waals surface area contributed by atoms with E-state index in [-0.39, 0.29) is 11.5 Å². The number of rotatable bonds is 4. The fourth-order valence-electron chi connectivity index (χ4n) is 2.94. The van der Waals surface area contributed by atoms with Gasteiger partial charge in [0.05, 0.1) is 6.10 Å². The highest BCUT2D eigenvalue weighted by Gasteiger charge is 2.27. The molecule has 22 heavy (non-hydrogen) atoms. The van der Waals surface area contributed by atoms with Crippen molar-refractivity contribution in [3.8, 4) is 6.07 Å². The molecule has 118 valence electrons. The maximum Gasteiger partial charge on any atom is 0.264 e. The molecule has 5 heteroatoms. The third kappa shape index (κ3) is 3.23. The summed E-state index contributed by atoms with van der Waals surface area (Å²) in [6, 6.07) is 4.02. The highest BCUT2D eigenvalue weighted by atomic mass is 16.3. The molecule has 0 radical (unpaired) electrons. The molecule has 0 aromatic carbocycles. The van der Waals surface area contributed by atoms with Gasteiger partial charge in [-0.25, -0.2) is 0 Å². The lowest BCUT2D eigenvalue weighted by Crippen LogP contribution is -2.30. The van der Waals surface area contributed by atoms with Gasteiger partial charge in [0, 0.05) is 31.0 Å². The van der Waals surface area contributed by atoms with Crippen LogP contribution >= 0.6 is 0 Å². The van der Waals surface area contributed by atoms with Crippen LogP contribution < -0.4 is 0 Å². The fourth-order valence-corrected chi connectivity index (χ4v) is 2.94. The third-order valence-electron chi connectivity index (χ3n) is 4.16. The van der Waals surface area contributed by atoms with Crippen molar-refractivity contribution in [1.29, 1.82) is 5.26 Å². The monoisotopic (exact) mass is 301 g/mol. The molecular weight excluding hydrogens is 278 g/mol. The number of hydrogen-bond donors (Lipinski definition) is 1. The first kappa shape index (κ1) is 16.3. The summed E-state index contributed by atoms with van der Waals surface area (Å²) in [4.78, 5) is 13.9. The highest BCUT2D eigenvalue weighted by molar-refractivity contribution is 6.02. The first-order valence-corrected chi connectivity index (χ1v) is 7.73. The number of nitriles is 1. The summed E-state index contributed by atoms with van der Waals surface area (Å²) in [6.07, 6.45) is 2.81. The van der Waals surface area contributed by atoms with Crippen molar-refractivity contribution < 1.29 is 9.90 Å². The van der Waals surface area contributed by atoms with E-state index in [9.17, 15) is 15.2 Å². The standard InChI is InChI=1S/C17H23N3O2/c1-4-6-20-12(2)8-14(13(20)3)9-15(10-18)17(22)19-7-5-16(21)11-19/h8-9,16,21H,4-7,11H2,1-3H3/b15-9-/t16-/m1/s1. The van der Waals surface area contributed by atoms with Crippen LogP contribution in [0, 0.1) is 25.2 Å². The zero-order valence-electron chi connectivity index (χ0n) is 13.5.